The number of thiocarbonyl (C=S) groups is 1. The van der Waals surface area contributed by atoms with Gasteiger partial charge in [0.25, 0.3) is 0 Å². The zero-order chi connectivity index (χ0) is 10.8. The fraction of sp³-hybridized carbons (Fsp3) is 0.250. The van der Waals surface area contributed by atoms with Crippen molar-refractivity contribution >= 4 is 35.0 Å². The number of thioether (sulfide) groups is 1. The van der Waals surface area contributed by atoms with Crippen molar-refractivity contribution in [1.29, 1.82) is 0 Å². The number of allylic oxidation sites excluding steroid dienone is 2. The van der Waals surface area contributed by atoms with E-state index in [-0.39, 0.29) is 5.37 Å². The summed E-state index contributed by atoms with van der Waals surface area (Å²) in [5.74, 6) is 0. The third-order valence-corrected chi connectivity index (χ3v) is 4.24. The summed E-state index contributed by atoms with van der Waals surface area (Å²) >= 11 is 6.90. The van der Waals surface area contributed by atoms with Gasteiger partial charge in [0.05, 0.1) is 0 Å². The summed E-state index contributed by atoms with van der Waals surface area (Å²) in [4.78, 5) is 3.64. The smallest absolute Gasteiger partial charge is 0.113 e. The van der Waals surface area contributed by atoms with E-state index in [0.717, 1.165) is 0 Å². The van der Waals surface area contributed by atoms with Gasteiger partial charge in [0.1, 0.15) is 5.37 Å². The van der Waals surface area contributed by atoms with Crippen molar-refractivity contribution in [2.45, 2.75) is 19.2 Å². The standard InChI is InChI=1S/C12H13NS2/c1-9-10(2)15-12(8-14)13(9)11-6-4-3-5-7-11/h3-8,12H,1-2H3. The molecule has 1 atom stereocenters. The van der Waals surface area contributed by atoms with Gasteiger partial charge in [-0.05, 0) is 26.0 Å². The van der Waals surface area contributed by atoms with Crippen LogP contribution in [0.25, 0.3) is 0 Å². The van der Waals surface area contributed by atoms with Crippen LogP contribution in [0.15, 0.2) is 40.9 Å². The summed E-state index contributed by atoms with van der Waals surface area (Å²) in [5.41, 5.74) is 2.52. The molecule has 0 bridgehead atoms. The second-order valence-electron chi connectivity index (χ2n) is 3.49. The van der Waals surface area contributed by atoms with Crippen molar-refractivity contribution in [3.63, 3.8) is 0 Å². The van der Waals surface area contributed by atoms with E-state index < -0.39 is 0 Å². The number of anilines is 1. The average Bonchev–Trinajstić information content (AvgIpc) is 2.56. The quantitative estimate of drug-likeness (QED) is 0.717. The molecule has 0 spiro atoms. The maximum Gasteiger partial charge on any atom is 0.113 e. The molecule has 0 amide bonds. The van der Waals surface area contributed by atoms with Crippen LogP contribution >= 0.6 is 24.0 Å². The summed E-state index contributed by atoms with van der Waals surface area (Å²) in [6.45, 7) is 4.29. The molecule has 78 valence electrons. The maximum absolute atomic E-state index is 5.08. The molecular weight excluding hydrogens is 222 g/mol. The number of hydrogen-bond donors (Lipinski definition) is 0. The van der Waals surface area contributed by atoms with Gasteiger partial charge in [-0.1, -0.05) is 42.2 Å². The van der Waals surface area contributed by atoms with Gasteiger partial charge in [0, 0.05) is 21.7 Å². The molecular formula is C12H13NS2. The molecule has 1 nitrogen and oxygen atoms in total. The molecule has 0 N–H and O–H groups in total. The van der Waals surface area contributed by atoms with Crippen LogP contribution in [0.4, 0.5) is 5.69 Å². The minimum absolute atomic E-state index is 0.266. The highest BCUT2D eigenvalue weighted by atomic mass is 32.2. The zero-order valence-electron chi connectivity index (χ0n) is 8.81. The summed E-state index contributed by atoms with van der Waals surface area (Å²) in [6, 6.07) is 10.4. The highest BCUT2D eigenvalue weighted by molar-refractivity contribution is 8.05. The van der Waals surface area contributed by atoms with Gasteiger partial charge >= 0.3 is 0 Å². The van der Waals surface area contributed by atoms with E-state index in [4.69, 9.17) is 12.2 Å². The summed E-state index contributed by atoms with van der Waals surface area (Å²) in [7, 11) is 0. The van der Waals surface area contributed by atoms with Gasteiger partial charge in [-0.3, -0.25) is 0 Å². The van der Waals surface area contributed by atoms with Crippen LogP contribution in [0.3, 0.4) is 0 Å². The van der Waals surface area contributed by atoms with Crippen molar-refractivity contribution in [2.24, 2.45) is 0 Å². The largest absolute Gasteiger partial charge is 0.327 e. The van der Waals surface area contributed by atoms with Gasteiger partial charge in [-0.25, -0.2) is 0 Å². The summed E-state index contributed by atoms with van der Waals surface area (Å²) in [6.07, 6.45) is 0. The van der Waals surface area contributed by atoms with Crippen LogP contribution in [0.2, 0.25) is 0 Å². The van der Waals surface area contributed by atoms with Crippen LogP contribution < -0.4 is 4.90 Å². The van der Waals surface area contributed by atoms with E-state index in [1.54, 1.807) is 0 Å². The Kier molecular flexibility index (Phi) is 3.12. The Hall–Kier alpha value is -0.800. The normalized spacial score (nSPS) is 20.9. The Bertz CT molecular complexity index is 397. The van der Waals surface area contributed by atoms with E-state index in [9.17, 15) is 0 Å². The molecule has 0 saturated heterocycles. The SMILES string of the molecule is CC1=C(C)N(c2ccccc2)C(C=S)S1. The zero-order valence-corrected chi connectivity index (χ0v) is 10.4. The van der Waals surface area contributed by atoms with E-state index >= 15 is 0 Å². The number of nitrogens with zero attached hydrogens (tertiary/aromatic N) is 1. The van der Waals surface area contributed by atoms with Crippen LogP contribution in [0, 0.1) is 0 Å². The molecule has 1 unspecified atom stereocenters. The molecule has 1 aromatic rings. The molecule has 2 rings (SSSR count). The average molecular weight is 235 g/mol. The first-order chi connectivity index (χ1) is 7.24. The number of para-hydroxylation sites is 1. The molecule has 0 fully saturated rings. The second kappa shape index (κ2) is 4.37. The fourth-order valence-corrected chi connectivity index (χ4v) is 3.06. The lowest BCUT2D eigenvalue weighted by molar-refractivity contribution is 1.02. The van der Waals surface area contributed by atoms with E-state index in [1.807, 2.05) is 23.2 Å². The number of rotatable bonds is 2. The van der Waals surface area contributed by atoms with Gasteiger partial charge in [0.15, 0.2) is 0 Å². The third-order valence-electron chi connectivity index (χ3n) is 2.57. The van der Waals surface area contributed by atoms with Crippen molar-refractivity contribution < 1.29 is 0 Å². The van der Waals surface area contributed by atoms with Crippen LogP contribution in [0.5, 0.6) is 0 Å². The summed E-state index contributed by atoms with van der Waals surface area (Å²) < 4.78 is 0. The Morgan fingerprint density at radius 1 is 1.27 bits per heavy atom. The minimum atomic E-state index is 0.266. The molecule has 0 aromatic heterocycles. The number of benzene rings is 1. The highest BCUT2D eigenvalue weighted by Gasteiger charge is 2.27. The van der Waals surface area contributed by atoms with Crippen molar-refractivity contribution in [2.75, 3.05) is 4.90 Å². The molecule has 1 aliphatic rings. The molecule has 3 heteroatoms. The maximum atomic E-state index is 5.08. The topological polar surface area (TPSA) is 3.24 Å². The molecule has 1 aromatic carbocycles. The summed E-state index contributed by atoms with van der Waals surface area (Å²) in [5, 5.41) is 2.10. The van der Waals surface area contributed by atoms with Crippen molar-refractivity contribution in [3.05, 3.63) is 40.9 Å². The van der Waals surface area contributed by atoms with E-state index in [0.29, 0.717) is 0 Å². The first kappa shape index (κ1) is 10.7. The Balaban J connectivity index is 2.39. The van der Waals surface area contributed by atoms with Gasteiger partial charge < -0.3 is 4.90 Å². The van der Waals surface area contributed by atoms with Gasteiger partial charge in [0.2, 0.25) is 0 Å². The second-order valence-corrected chi connectivity index (χ2v) is 5.09. The van der Waals surface area contributed by atoms with Crippen LogP contribution in [-0.4, -0.2) is 10.7 Å². The molecule has 0 radical (unpaired) electrons. The Morgan fingerprint density at radius 3 is 2.53 bits per heavy atom. The predicted molar refractivity (Wildman–Crippen MR) is 72.3 cm³/mol. The Morgan fingerprint density at radius 2 is 1.93 bits per heavy atom. The number of hydrogen-bond acceptors (Lipinski definition) is 3. The lowest BCUT2D eigenvalue weighted by Gasteiger charge is -2.24. The molecule has 15 heavy (non-hydrogen) atoms. The van der Waals surface area contributed by atoms with E-state index in [1.165, 1.54) is 16.3 Å². The molecule has 1 aliphatic heterocycles. The van der Waals surface area contributed by atoms with Crippen molar-refractivity contribution in [3.8, 4) is 0 Å². The lowest BCUT2D eigenvalue weighted by atomic mass is 10.2. The molecule has 1 heterocycles. The highest BCUT2D eigenvalue weighted by Crippen LogP contribution is 2.39. The minimum Gasteiger partial charge on any atom is -0.327 e. The van der Waals surface area contributed by atoms with Gasteiger partial charge in [-0.15, -0.1) is 0 Å². The molecule has 0 saturated carbocycles. The van der Waals surface area contributed by atoms with Gasteiger partial charge in [-0.2, -0.15) is 0 Å². The fourth-order valence-electron chi connectivity index (χ4n) is 1.70. The van der Waals surface area contributed by atoms with Crippen LogP contribution in [-0.2, 0) is 0 Å². The first-order valence-electron chi connectivity index (χ1n) is 4.87. The predicted octanol–water partition coefficient (Wildman–Crippen LogP) is 3.82. The Labute approximate surface area is 100 Å². The lowest BCUT2D eigenvalue weighted by Crippen LogP contribution is -2.27. The first-order valence-corrected chi connectivity index (χ1v) is 6.23. The van der Waals surface area contributed by atoms with Crippen LogP contribution in [0.1, 0.15) is 13.8 Å². The third kappa shape index (κ3) is 1.94. The monoisotopic (exact) mass is 235 g/mol. The van der Waals surface area contributed by atoms with E-state index in [2.05, 4.69) is 43.0 Å². The van der Waals surface area contributed by atoms with Crippen molar-refractivity contribution in [1.82, 2.24) is 0 Å². The molecule has 0 aliphatic carbocycles.